The van der Waals surface area contributed by atoms with Gasteiger partial charge in [-0.15, -0.1) is 0 Å². The number of carbonyl (C=O) groups excluding carboxylic acids is 2. The van der Waals surface area contributed by atoms with E-state index in [1.165, 1.54) is 238 Å². The van der Waals surface area contributed by atoms with Crippen LogP contribution >= 0.6 is 7.82 Å². The molecule has 0 aromatic carbocycles. The highest BCUT2D eigenvalue weighted by Crippen LogP contribution is 2.43. The van der Waals surface area contributed by atoms with Gasteiger partial charge in [0.2, 0.25) is 0 Å². The van der Waals surface area contributed by atoms with Crippen molar-refractivity contribution in [3.63, 3.8) is 0 Å². The fourth-order valence-corrected chi connectivity index (χ4v) is 11.6. The van der Waals surface area contributed by atoms with Crippen LogP contribution in [0.3, 0.4) is 0 Å². The third-order valence-electron chi connectivity index (χ3n) is 16.6. The average Bonchev–Trinajstić information content (AvgIpc) is 3.62. The molecule has 90 heavy (non-hydrogen) atoms. The Hall–Kier alpha value is -3.07. The van der Waals surface area contributed by atoms with Crippen LogP contribution in [0.25, 0.3) is 0 Å². The number of phosphoric acid groups is 1. The van der Waals surface area contributed by atoms with Gasteiger partial charge in [-0.25, -0.2) is 4.57 Å². The topological polar surface area (TPSA) is 108 Å². The quantitative estimate of drug-likeness (QED) is 0.0211. The number of phosphoric ester groups is 1. The van der Waals surface area contributed by atoms with E-state index in [4.69, 9.17) is 18.5 Å². The summed E-state index contributed by atoms with van der Waals surface area (Å²) in [4.78, 5) is 35.9. The van der Waals surface area contributed by atoms with E-state index in [2.05, 4.69) is 111 Å². The molecule has 0 radical (unpaired) electrons. The van der Waals surface area contributed by atoms with Gasteiger partial charge < -0.3 is 18.9 Å². The van der Waals surface area contributed by atoms with E-state index in [1.54, 1.807) is 0 Å². The van der Waals surface area contributed by atoms with E-state index >= 15 is 0 Å². The third kappa shape index (κ3) is 74.0. The minimum Gasteiger partial charge on any atom is -0.462 e. The molecule has 0 aromatic heterocycles. The van der Waals surface area contributed by atoms with Crippen LogP contribution in [0.15, 0.2) is 97.2 Å². The van der Waals surface area contributed by atoms with Crippen LogP contribution in [0.2, 0.25) is 0 Å². The largest absolute Gasteiger partial charge is 0.472 e. The van der Waals surface area contributed by atoms with Gasteiger partial charge in [-0.05, 0) is 96.3 Å². The van der Waals surface area contributed by atoms with Gasteiger partial charge in [-0.3, -0.25) is 18.6 Å². The molecule has 0 aliphatic heterocycles. The third-order valence-corrected chi connectivity index (χ3v) is 17.6. The van der Waals surface area contributed by atoms with Crippen molar-refractivity contribution >= 4 is 19.8 Å². The zero-order valence-corrected chi connectivity index (χ0v) is 60.5. The van der Waals surface area contributed by atoms with Crippen LogP contribution in [0.5, 0.6) is 0 Å². The molecule has 0 bridgehead atoms. The molecule has 0 rings (SSSR count). The molecule has 0 saturated carbocycles. The highest BCUT2D eigenvalue weighted by atomic mass is 31.2. The Bertz CT molecular complexity index is 1840. The molecule has 2 atom stereocenters. The summed E-state index contributed by atoms with van der Waals surface area (Å²) in [6, 6.07) is 0. The molecule has 522 valence electrons. The Labute approximate surface area is 557 Å². The predicted molar refractivity (Wildman–Crippen MR) is 390 cm³/mol. The molecule has 2 unspecified atom stereocenters. The highest BCUT2D eigenvalue weighted by Gasteiger charge is 2.27. The maximum Gasteiger partial charge on any atom is 0.472 e. The second kappa shape index (κ2) is 70.3. The minimum absolute atomic E-state index is 0.0302. The van der Waals surface area contributed by atoms with E-state index < -0.39 is 26.5 Å². The molecule has 10 heteroatoms. The zero-order chi connectivity index (χ0) is 65.5. The van der Waals surface area contributed by atoms with Gasteiger partial charge in [-0.2, -0.15) is 0 Å². The second-order valence-corrected chi connectivity index (χ2v) is 28.1. The van der Waals surface area contributed by atoms with Crippen LogP contribution in [-0.2, 0) is 32.7 Å². The summed E-state index contributed by atoms with van der Waals surface area (Å²) in [7, 11) is 1.48. The second-order valence-electron chi connectivity index (χ2n) is 26.7. The van der Waals surface area contributed by atoms with Gasteiger partial charge in [0.15, 0.2) is 6.10 Å². The van der Waals surface area contributed by atoms with E-state index in [1.807, 2.05) is 21.1 Å². The molecule has 1 N–H and O–H groups in total. The number of hydrogen-bond donors (Lipinski definition) is 1. The summed E-state index contributed by atoms with van der Waals surface area (Å²) in [6.45, 7) is 4.35. The molecule has 0 aliphatic rings. The number of quaternary nitrogens is 1. The Morgan fingerprint density at radius 2 is 0.633 bits per heavy atom. The highest BCUT2D eigenvalue weighted by molar-refractivity contribution is 7.47. The smallest absolute Gasteiger partial charge is 0.462 e. The standard InChI is InChI=1S/C80H144NO8P/c1-6-8-10-12-14-16-18-20-22-24-26-28-30-32-33-34-35-36-37-38-39-40-41-42-43-44-45-46-47-49-51-53-55-57-59-61-63-65-67-69-71-73-80(83)89-78(77-88-90(84,85)87-75-74-81(3,4)5)76-86-79(82)72-70-68-66-64-62-60-58-56-54-52-50-48-31-29-27-25-23-21-19-17-15-13-11-9-7-2/h8,10,14,16,19-22,25-28,31-33,48,78H,6-7,9,11-13,15,17-18,23-24,29-30,34-47,49-77H2,1-5H3/p+1/b10-8-,16-14-,21-19-,22-20-,27-25-,28-26-,33-32-,48-31-. The van der Waals surface area contributed by atoms with Crippen LogP contribution in [0.4, 0.5) is 0 Å². The Kier molecular flexibility index (Phi) is 67.9. The van der Waals surface area contributed by atoms with Gasteiger partial charge in [0.25, 0.3) is 0 Å². The number of hydrogen-bond acceptors (Lipinski definition) is 7. The lowest BCUT2D eigenvalue weighted by Crippen LogP contribution is -2.37. The minimum atomic E-state index is -4.40. The van der Waals surface area contributed by atoms with Crippen molar-refractivity contribution in [2.45, 2.75) is 354 Å². The summed E-state index contributed by atoms with van der Waals surface area (Å²) in [5.41, 5.74) is 0. The van der Waals surface area contributed by atoms with Gasteiger partial charge >= 0.3 is 19.8 Å². The van der Waals surface area contributed by atoms with Crippen LogP contribution in [0, 0.1) is 0 Å². The van der Waals surface area contributed by atoms with Gasteiger partial charge in [0.05, 0.1) is 27.7 Å². The first-order chi connectivity index (χ1) is 44.0. The maximum atomic E-state index is 12.9. The van der Waals surface area contributed by atoms with E-state index in [9.17, 15) is 19.0 Å². The molecular formula is C80H145NO8P+. The molecule has 0 heterocycles. The van der Waals surface area contributed by atoms with Crippen molar-refractivity contribution in [3.05, 3.63) is 97.2 Å². The zero-order valence-electron chi connectivity index (χ0n) is 59.6. The van der Waals surface area contributed by atoms with E-state index in [-0.39, 0.29) is 32.0 Å². The fraction of sp³-hybridized carbons (Fsp3) is 0.775. The van der Waals surface area contributed by atoms with Gasteiger partial charge in [0.1, 0.15) is 19.8 Å². The Morgan fingerprint density at radius 3 is 0.944 bits per heavy atom. The molecule has 9 nitrogen and oxygen atoms in total. The summed E-state index contributed by atoms with van der Waals surface area (Å²) in [5.74, 6) is -0.789. The van der Waals surface area contributed by atoms with Crippen molar-refractivity contribution in [1.29, 1.82) is 0 Å². The number of likely N-dealkylation sites (N-methyl/N-ethyl adjacent to an activating group) is 1. The fourth-order valence-electron chi connectivity index (χ4n) is 10.8. The van der Waals surface area contributed by atoms with Gasteiger partial charge in [0, 0.05) is 12.8 Å². The van der Waals surface area contributed by atoms with Gasteiger partial charge in [-0.1, -0.05) is 336 Å². The number of esters is 2. The first kappa shape index (κ1) is 86.9. The lowest BCUT2D eigenvalue weighted by Gasteiger charge is -2.24. The van der Waals surface area contributed by atoms with Crippen LogP contribution < -0.4 is 0 Å². The monoisotopic (exact) mass is 1280 g/mol. The molecular weight excluding hydrogens is 1130 g/mol. The van der Waals surface area contributed by atoms with Crippen molar-refractivity contribution in [2.24, 2.45) is 0 Å². The average molecular weight is 1280 g/mol. The number of rotatable bonds is 70. The van der Waals surface area contributed by atoms with Crippen LogP contribution in [0.1, 0.15) is 348 Å². The summed E-state index contributed by atoms with van der Waals surface area (Å²) in [6.07, 6.45) is 98.2. The lowest BCUT2D eigenvalue weighted by atomic mass is 10.0. The lowest BCUT2D eigenvalue weighted by molar-refractivity contribution is -0.870. The number of ether oxygens (including phenoxy) is 2. The Morgan fingerprint density at radius 1 is 0.356 bits per heavy atom. The SMILES string of the molecule is CC/C=C\C/C=C\C/C=C\C/C=C\C/C=C\CCCCCCCCCCCCCCCCCCCCCCCCCCCC(=O)OC(COC(=O)CCCCCCCCCCCC/C=C\C/C=C\C/C=C\CCCCCCC)COP(=O)(O)OCC[N+](C)(C)C. The summed E-state index contributed by atoms with van der Waals surface area (Å²) >= 11 is 0. The first-order valence-electron chi connectivity index (χ1n) is 38.0. The van der Waals surface area contributed by atoms with Crippen molar-refractivity contribution in [1.82, 2.24) is 0 Å². The summed E-state index contributed by atoms with van der Waals surface area (Å²) in [5, 5.41) is 0. The molecule has 0 fully saturated rings. The number of carbonyl (C=O) groups is 2. The summed E-state index contributed by atoms with van der Waals surface area (Å²) < 4.78 is 34.8. The molecule has 0 aliphatic carbocycles. The number of unbranched alkanes of at least 4 members (excludes halogenated alkanes) is 40. The molecule has 0 aromatic rings. The number of nitrogens with zero attached hydrogens (tertiary/aromatic N) is 1. The van der Waals surface area contributed by atoms with E-state index in [0.717, 1.165) is 77.0 Å². The normalized spacial score (nSPS) is 13.6. The maximum absolute atomic E-state index is 12.9. The van der Waals surface area contributed by atoms with E-state index in [0.29, 0.717) is 17.4 Å². The molecule has 0 spiro atoms. The van der Waals surface area contributed by atoms with Crippen molar-refractivity contribution in [2.75, 3.05) is 47.5 Å². The predicted octanol–water partition coefficient (Wildman–Crippen LogP) is 25.1. The van der Waals surface area contributed by atoms with Crippen molar-refractivity contribution < 1.29 is 42.1 Å². The van der Waals surface area contributed by atoms with Crippen molar-refractivity contribution in [3.8, 4) is 0 Å². The number of allylic oxidation sites excluding steroid dienone is 16. The Balaban J connectivity index is 3.94. The molecule has 0 saturated heterocycles. The van der Waals surface area contributed by atoms with Crippen LogP contribution in [-0.4, -0.2) is 74.9 Å². The first-order valence-corrected chi connectivity index (χ1v) is 39.5. The molecule has 0 amide bonds.